The van der Waals surface area contributed by atoms with Crippen LogP contribution in [0.2, 0.25) is 0 Å². The van der Waals surface area contributed by atoms with Crippen LogP contribution < -0.4 is 10.6 Å². The summed E-state index contributed by atoms with van der Waals surface area (Å²) in [5, 5.41) is 15.4. The number of dihydropyridines is 1. The number of amides is 1. The Morgan fingerprint density at radius 2 is 2.00 bits per heavy atom. The molecule has 2 unspecified atom stereocenters. The zero-order valence-electron chi connectivity index (χ0n) is 16.8. The molecule has 2 atom stereocenters. The van der Waals surface area contributed by atoms with Crippen LogP contribution in [0.5, 0.6) is 0 Å². The number of allylic oxidation sites excluding steroid dienone is 2. The van der Waals surface area contributed by atoms with E-state index in [1.165, 1.54) is 37.4 Å². The molecule has 2 aromatic rings. The number of hydrogen-bond donors (Lipinski definition) is 3. The van der Waals surface area contributed by atoms with Crippen LogP contribution in [-0.4, -0.2) is 28.7 Å². The quantitative estimate of drug-likeness (QED) is 0.616. The first-order valence-electron chi connectivity index (χ1n) is 9.49. The fourth-order valence-electron chi connectivity index (χ4n) is 3.13. The molecule has 3 N–H and O–H groups in total. The van der Waals surface area contributed by atoms with Crippen molar-refractivity contribution >= 4 is 11.6 Å². The molecule has 9 heteroatoms. The molecule has 0 bridgehead atoms. The Morgan fingerprint density at radius 3 is 2.61 bits per heavy atom. The Balaban J connectivity index is 1.97. The SMILES string of the molecule is CC1=CC=C(c2cc(C(=O)NC(C)c3ncccc3F)cc(C(O)C(F)(F)F)c2)NC1. The minimum Gasteiger partial charge on any atom is -0.381 e. The van der Waals surface area contributed by atoms with Gasteiger partial charge in [-0.05, 0) is 61.4 Å². The number of aliphatic hydroxyl groups excluding tert-OH is 1. The molecule has 3 rings (SSSR count). The van der Waals surface area contributed by atoms with Crippen molar-refractivity contribution in [3.8, 4) is 0 Å². The fourth-order valence-corrected chi connectivity index (χ4v) is 3.13. The number of benzene rings is 1. The third-order valence-electron chi connectivity index (χ3n) is 4.79. The van der Waals surface area contributed by atoms with Crippen LogP contribution in [-0.2, 0) is 0 Å². The van der Waals surface area contributed by atoms with E-state index in [-0.39, 0.29) is 11.3 Å². The summed E-state index contributed by atoms with van der Waals surface area (Å²) in [4.78, 5) is 16.7. The third kappa shape index (κ3) is 5.29. The summed E-state index contributed by atoms with van der Waals surface area (Å²) >= 11 is 0. The van der Waals surface area contributed by atoms with Gasteiger partial charge in [0.1, 0.15) is 5.82 Å². The van der Waals surface area contributed by atoms with E-state index >= 15 is 0 Å². The molecular weight excluding hydrogens is 414 g/mol. The Bertz CT molecular complexity index is 1050. The summed E-state index contributed by atoms with van der Waals surface area (Å²) in [6.45, 7) is 3.90. The lowest BCUT2D eigenvalue weighted by Crippen LogP contribution is -2.29. The van der Waals surface area contributed by atoms with Crippen LogP contribution in [0, 0.1) is 5.82 Å². The standard InChI is InChI=1S/C22H21F4N3O2/c1-12-5-6-18(28-11-12)14-8-15(20(30)22(24,25)26)10-16(9-14)21(31)29-13(2)19-17(23)4-3-7-27-19/h3-10,13,20,28,30H,11H2,1-2H3,(H,29,31). The number of carbonyl (C=O) groups excluding carboxylic acids is 1. The van der Waals surface area contributed by atoms with Crippen LogP contribution in [0.25, 0.3) is 5.70 Å². The average molecular weight is 435 g/mol. The topological polar surface area (TPSA) is 74.2 Å². The van der Waals surface area contributed by atoms with Crippen LogP contribution in [0.3, 0.4) is 0 Å². The second-order valence-corrected chi connectivity index (χ2v) is 7.30. The maximum absolute atomic E-state index is 13.9. The number of aliphatic hydroxyl groups is 1. The zero-order chi connectivity index (χ0) is 22.8. The Kier molecular flexibility index (Phi) is 6.45. The first-order chi connectivity index (χ1) is 14.6. The van der Waals surface area contributed by atoms with Crippen molar-refractivity contribution in [1.82, 2.24) is 15.6 Å². The molecule has 0 saturated carbocycles. The second-order valence-electron chi connectivity index (χ2n) is 7.30. The molecule has 0 radical (unpaired) electrons. The van der Waals surface area contributed by atoms with Crippen molar-refractivity contribution in [3.05, 3.63) is 82.5 Å². The Hall–Kier alpha value is -3.20. The van der Waals surface area contributed by atoms with Crippen LogP contribution in [0.15, 0.2) is 54.3 Å². The molecule has 1 amide bonds. The zero-order valence-corrected chi connectivity index (χ0v) is 16.8. The number of carbonyl (C=O) groups is 1. The smallest absolute Gasteiger partial charge is 0.381 e. The van der Waals surface area contributed by atoms with Crippen LogP contribution >= 0.6 is 0 Å². The fraction of sp³-hybridized carbons (Fsp3) is 0.273. The molecule has 0 fully saturated rings. The van der Waals surface area contributed by atoms with Gasteiger partial charge < -0.3 is 15.7 Å². The van der Waals surface area contributed by atoms with Gasteiger partial charge in [-0.2, -0.15) is 13.2 Å². The number of nitrogens with one attached hydrogen (secondary N) is 2. The largest absolute Gasteiger partial charge is 0.418 e. The summed E-state index contributed by atoms with van der Waals surface area (Å²) in [5.74, 6) is -1.34. The number of rotatable bonds is 5. The highest BCUT2D eigenvalue weighted by molar-refractivity contribution is 5.95. The lowest BCUT2D eigenvalue weighted by Gasteiger charge is -2.21. The van der Waals surface area contributed by atoms with E-state index in [9.17, 15) is 27.5 Å². The van der Waals surface area contributed by atoms with Crippen molar-refractivity contribution in [3.63, 3.8) is 0 Å². The molecule has 1 aromatic carbocycles. The van der Waals surface area contributed by atoms with Crippen LogP contribution in [0.4, 0.5) is 17.6 Å². The van der Waals surface area contributed by atoms with E-state index in [0.29, 0.717) is 17.8 Å². The average Bonchev–Trinajstić information content (AvgIpc) is 2.73. The summed E-state index contributed by atoms with van der Waals surface area (Å²) in [6, 6.07) is 5.35. The van der Waals surface area contributed by atoms with Crippen molar-refractivity contribution in [1.29, 1.82) is 0 Å². The normalized spacial score (nSPS) is 16.0. The monoisotopic (exact) mass is 435 g/mol. The van der Waals surface area contributed by atoms with E-state index in [1.54, 1.807) is 6.08 Å². The Morgan fingerprint density at radius 1 is 1.26 bits per heavy atom. The van der Waals surface area contributed by atoms with Gasteiger partial charge in [-0.15, -0.1) is 0 Å². The van der Waals surface area contributed by atoms with E-state index in [0.717, 1.165) is 11.6 Å². The number of hydrogen-bond acceptors (Lipinski definition) is 4. The van der Waals surface area contributed by atoms with E-state index in [4.69, 9.17) is 0 Å². The third-order valence-corrected chi connectivity index (χ3v) is 4.79. The van der Waals surface area contributed by atoms with Gasteiger partial charge >= 0.3 is 6.18 Å². The molecule has 1 aromatic heterocycles. The highest BCUT2D eigenvalue weighted by Gasteiger charge is 2.40. The van der Waals surface area contributed by atoms with Gasteiger partial charge in [0, 0.05) is 24.0 Å². The van der Waals surface area contributed by atoms with E-state index in [2.05, 4.69) is 15.6 Å². The summed E-state index contributed by atoms with van der Waals surface area (Å²) in [5.41, 5.74) is 1.28. The van der Waals surface area contributed by atoms with E-state index < -0.39 is 35.6 Å². The highest BCUT2D eigenvalue weighted by atomic mass is 19.4. The molecule has 0 saturated heterocycles. The molecule has 1 aliphatic heterocycles. The maximum Gasteiger partial charge on any atom is 0.418 e. The molecule has 31 heavy (non-hydrogen) atoms. The van der Waals surface area contributed by atoms with Gasteiger partial charge in [0.25, 0.3) is 5.91 Å². The predicted molar refractivity (Wildman–Crippen MR) is 107 cm³/mol. The van der Waals surface area contributed by atoms with Crippen molar-refractivity contribution in [2.24, 2.45) is 0 Å². The lowest BCUT2D eigenvalue weighted by atomic mass is 9.97. The minimum absolute atomic E-state index is 0.000165. The number of aromatic nitrogens is 1. The molecule has 0 spiro atoms. The Labute approximate surface area is 176 Å². The second kappa shape index (κ2) is 8.89. The van der Waals surface area contributed by atoms with Crippen molar-refractivity contribution in [2.45, 2.75) is 32.2 Å². The van der Waals surface area contributed by atoms with E-state index in [1.807, 2.05) is 13.0 Å². The van der Waals surface area contributed by atoms with Gasteiger partial charge in [-0.1, -0.05) is 11.6 Å². The van der Waals surface area contributed by atoms with Gasteiger partial charge in [-0.25, -0.2) is 4.39 Å². The number of alkyl halides is 3. The van der Waals surface area contributed by atoms with Crippen LogP contribution in [0.1, 0.15) is 53.2 Å². The molecular formula is C22H21F4N3O2. The van der Waals surface area contributed by atoms with Gasteiger partial charge in [0.2, 0.25) is 0 Å². The first kappa shape index (κ1) is 22.5. The summed E-state index contributed by atoms with van der Waals surface area (Å²) < 4.78 is 53.3. The molecule has 1 aliphatic rings. The summed E-state index contributed by atoms with van der Waals surface area (Å²) in [6.07, 6.45) is -2.79. The number of pyridine rings is 1. The summed E-state index contributed by atoms with van der Waals surface area (Å²) in [7, 11) is 0. The number of nitrogens with zero attached hydrogens (tertiary/aromatic N) is 1. The maximum atomic E-state index is 13.9. The molecule has 0 aliphatic carbocycles. The molecule has 2 heterocycles. The minimum atomic E-state index is -4.90. The van der Waals surface area contributed by atoms with Gasteiger partial charge in [0.15, 0.2) is 6.10 Å². The number of halogens is 4. The highest BCUT2D eigenvalue weighted by Crippen LogP contribution is 2.34. The lowest BCUT2D eigenvalue weighted by molar-refractivity contribution is -0.206. The van der Waals surface area contributed by atoms with Crippen molar-refractivity contribution < 1.29 is 27.5 Å². The first-order valence-corrected chi connectivity index (χ1v) is 9.49. The van der Waals surface area contributed by atoms with Gasteiger partial charge in [-0.3, -0.25) is 9.78 Å². The molecule has 5 nitrogen and oxygen atoms in total. The van der Waals surface area contributed by atoms with Crippen molar-refractivity contribution in [2.75, 3.05) is 6.54 Å². The van der Waals surface area contributed by atoms with Gasteiger partial charge in [0.05, 0.1) is 11.7 Å². The molecule has 164 valence electrons. The predicted octanol–water partition coefficient (Wildman–Crippen LogP) is 4.20.